The summed E-state index contributed by atoms with van der Waals surface area (Å²) in [6, 6.07) is -1.03. The Morgan fingerprint density at radius 1 is 1.26 bits per heavy atom. The zero-order chi connectivity index (χ0) is 14.3. The molecular formula is C11H19N3O5. The van der Waals surface area contributed by atoms with Gasteiger partial charge in [-0.15, -0.1) is 0 Å². The molecule has 2 atom stereocenters. The zero-order valence-electron chi connectivity index (χ0n) is 10.8. The Kier molecular flexibility index (Phi) is 6.07. The molecule has 0 saturated carbocycles. The number of carbonyl (C=O) groups excluding carboxylic acids is 2. The molecule has 108 valence electrons. The van der Waals surface area contributed by atoms with Crippen LogP contribution in [0.25, 0.3) is 0 Å². The lowest BCUT2D eigenvalue weighted by atomic mass is 10.0. The Bertz CT molecular complexity index is 347. The third-order valence-electron chi connectivity index (χ3n) is 2.73. The Balaban J connectivity index is 2.24. The van der Waals surface area contributed by atoms with Gasteiger partial charge < -0.3 is 25.8 Å². The predicted molar refractivity (Wildman–Crippen MR) is 65.6 cm³/mol. The predicted octanol–water partition coefficient (Wildman–Crippen LogP) is -1.09. The summed E-state index contributed by atoms with van der Waals surface area (Å²) in [6.07, 6.45) is 0.185. The minimum absolute atomic E-state index is 0.0964. The molecule has 1 fully saturated rings. The van der Waals surface area contributed by atoms with E-state index in [1.54, 1.807) is 0 Å². The molecule has 0 aliphatic carbocycles. The van der Waals surface area contributed by atoms with Crippen LogP contribution in [0.2, 0.25) is 0 Å². The van der Waals surface area contributed by atoms with E-state index in [1.165, 1.54) is 0 Å². The summed E-state index contributed by atoms with van der Waals surface area (Å²) in [5.74, 6) is -1.87. The van der Waals surface area contributed by atoms with Gasteiger partial charge in [0.25, 0.3) is 0 Å². The quantitative estimate of drug-likeness (QED) is 0.490. The van der Waals surface area contributed by atoms with Crippen LogP contribution in [0.1, 0.15) is 13.3 Å². The summed E-state index contributed by atoms with van der Waals surface area (Å²) in [4.78, 5) is 33.5. The molecule has 1 aliphatic heterocycles. The van der Waals surface area contributed by atoms with Gasteiger partial charge in [0.2, 0.25) is 5.91 Å². The summed E-state index contributed by atoms with van der Waals surface area (Å²) in [5.41, 5.74) is 0. The number of amides is 3. The number of hydrogen-bond acceptors (Lipinski definition) is 4. The fourth-order valence-electron chi connectivity index (χ4n) is 1.73. The first-order valence-corrected chi connectivity index (χ1v) is 6.16. The second-order valence-electron chi connectivity index (χ2n) is 4.19. The Labute approximate surface area is 110 Å². The van der Waals surface area contributed by atoms with Crippen LogP contribution in [0.15, 0.2) is 0 Å². The van der Waals surface area contributed by atoms with Gasteiger partial charge in [-0.25, -0.2) is 4.79 Å². The fraction of sp³-hybridized carbons (Fsp3) is 0.727. The molecule has 1 heterocycles. The van der Waals surface area contributed by atoms with Crippen molar-refractivity contribution in [2.45, 2.75) is 19.4 Å². The Morgan fingerprint density at radius 2 is 2.00 bits per heavy atom. The number of rotatable bonds is 6. The maximum Gasteiger partial charge on any atom is 0.315 e. The van der Waals surface area contributed by atoms with Gasteiger partial charge in [0.05, 0.1) is 19.3 Å². The first kappa shape index (κ1) is 15.2. The molecule has 1 aliphatic rings. The second kappa shape index (κ2) is 7.57. The van der Waals surface area contributed by atoms with Gasteiger partial charge in [-0.1, -0.05) is 0 Å². The molecule has 4 N–H and O–H groups in total. The van der Waals surface area contributed by atoms with E-state index >= 15 is 0 Å². The molecule has 0 aromatic rings. The van der Waals surface area contributed by atoms with Gasteiger partial charge in [-0.3, -0.25) is 9.59 Å². The highest BCUT2D eigenvalue weighted by Gasteiger charge is 2.34. The van der Waals surface area contributed by atoms with Crippen LogP contribution < -0.4 is 16.0 Å². The first-order chi connectivity index (χ1) is 9.04. The van der Waals surface area contributed by atoms with Crippen molar-refractivity contribution in [3.8, 4) is 0 Å². The number of carbonyl (C=O) groups is 3. The van der Waals surface area contributed by atoms with Gasteiger partial charge in [0.1, 0.15) is 5.92 Å². The average Bonchev–Trinajstić information content (AvgIpc) is 2.77. The molecule has 8 nitrogen and oxygen atoms in total. The molecule has 2 unspecified atom stereocenters. The lowest BCUT2D eigenvalue weighted by Gasteiger charge is -2.16. The standard InChI is InChI=1S/C11H19N3O5/c1-2-12-9(15)3-4-13-11(18)14-8-6-19-5-7(8)10(16)17/h7-8H,2-6H2,1H3,(H,12,15)(H,16,17)(H2,13,14,18). The summed E-state index contributed by atoms with van der Waals surface area (Å²) < 4.78 is 5.02. The smallest absolute Gasteiger partial charge is 0.315 e. The van der Waals surface area contributed by atoms with Crippen molar-refractivity contribution in [3.05, 3.63) is 0 Å². The summed E-state index contributed by atoms with van der Waals surface area (Å²) in [6.45, 7) is 2.83. The van der Waals surface area contributed by atoms with E-state index in [1.807, 2.05) is 6.92 Å². The van der Waals surface area contributed by atoms with E-state index in [2.05, 4.69) is 16.0 Å². The molecule has 0 spiro atoms. The van der Waals surface area contributed by atoms with Crippen LogP contribution in [0.5, 0.6) is 0 Å². The number of aliphatic carboxylic acids is 1. The van der Waals surface area contributed by atoms with Crippen LogP contribution in [0, 0.1) is 5.92 Å². The van der Waals surface area contributed by atoms with E-state index in [4.69, 9.17) is 9.84 Å². The molecule has 1 saturated heterocycles. The van der Waals surface area contributed by atoms with Gasteiger partial charge in [0, 0.05) is 19.5 Å². The summed E-state index contributed by atoms with van der Waals surface area (Å²) in [7, 11) is 0. The van der Waals surface area contributed by atoms with Crippen LogP contribution in [0.4, 0.5) is 4.79 Å². The topological polar surface area (TPSA) is 117 Å². The number of ether oxygens (including phenoxy) is 1. The van der Waals surface area contributed by atoms with Crippen molar-refractivity contribution >= 4 is 17.9 Å². The highest BCUT2D eigenvalue weighted by Crippen LogP contribution is 2.13. The lowest BCUT2D eigenvalue weighted by molar-refractivity contribution is -0.142. The average molecular weight is 273 g/mol. The van der Waals surface area contributed by atoms with Gasteiger partial charge >= 0.3 is 12.0 Å². The normalized spacial score (nSPS) is 21.7. The van der Waals surface area contributed by atoms with E-state index in [0.29, 0.717) is 6.54 Å². The fourth-order valence-corrected chi connectivity index (χ4v) is 1.73. The first-order valence-electron chi connectivity index (χ1n) is 6.16. The Morgan fingerprint density at radius 3 is 2.63 bits per heavy atom. The molecule has 3 amide bonds. The molecule has 19 heavy (non-hydrogen) atoms. The minimum Gasteiger partial charge on any atom is -0.481 e. The molecular weight excluding hydrogens is 254 g/mol. The van der Waals surface area contributed by atoms with E-state index < -0.39 is 24.0 Å². The SMILES string of the molecule is CCNC(=O)CCNC(=O)NC1COCC1C(=O)O. The van der Waals surface area contributed by atoms with Crippen molar-refractivity contribution in [2.75, 3.05) is 26.3 Å². The van der Waals surface area contributed by atoms with E-state index in [9.17, 15) is 14.4 Å². The van der Waals surface area contributed by atoms with Crippen LogP contribution in [-0.4, -0.2) is 55.4 Å². The second-order valence-corrected chi connectivity index (χ2v) is 4.19. The van der Waals surface area contributed by atoms with E-state index in [0.717, 1.165) is 0 Å². The van der Waals surface area contributed by atoms with Gasteiger partial charge in [0.15, 0.2) is 0 Å². The summed E-state index contributed by atoms with van der Waals surface area (Å²) in [5, 5.41) is 16.5. The molecule has 0 bridgehead atoms. The molecule has 8 heteroatoms. The van der Waals surface area contributed by atoms with Crippen molar-refractivity contribution in [1.29, 1.82) is 0 Å². The molecule has 0 aromatic heterocycles. The zero-order valence-corrected chi connectivity index (χ0v) is 10.8. The number of nitrogens with one attached hydrogen (secondary N) is 3. The van der Waals surface area contributed by atoms with Crippen LogP contribution in [0.3, 0.4) is 0 Å². The van der Waals surface area contributed by atoms with Crippen molar-refractivity contribution in [1.82, 2.24) is 16.0 Å². The third kappa shape index (κ3) is 5.12. The number of carboxylic acid groups (broad SMARTS) is 1. The molecule has 1 rings (SSSR count). The third-order valence-corrected chi connectivity index (χ3v) is 2.73. The summed E-state index contributed by atoms with van der Waals surface area (Å²) >= 11 is 0. The molecule has 0 aromatic carbocycles. The van der Waals surface area contributed by atoms with E-state index in [-0.39, 0.29) is 32.1 Å². The maximum absolute atomic E-state index is 11.5. The lowest BCUT2D eigenvalue weighted by Crippen LogP contribution is -2.47. The number of hydrogen-bond donors (Lipinski definition) is 4. The van der Waals surface area contributed by atoms with Crippen molar-refractivity contribution < 1.29 is 24.2 Å². The monoisotopic (exact) mass is 273 g/mol. The maximum atomic E-state index is 11.5. The number of carboxylic acids is 1. The largest absolute Gasteiger partial charge is 0.481 e. The van der Waals surface area contributed by atoms with Crippen LogP contribution in [-0.2, 0) is 14.3 Å². The number of urea groups is 1. The minimum atomic E-state index is -0.995. The van der Waals surface area contributed by atoms with Crippen molar-refractivity contribution in [3.63, 3.8) is 0 Å². The Hall–Kier alpha value is -1.83. The van der Waals surface area contributed by atoms with Crippen molar-refractivity contribution in [2.24, 2.45) is 5.92 Å². The van der Waals surface area contributed by atoms with Gasteiger partial charge in [-0.2, -0.15) is 0 Å². The highest BCUT2D eigenvalue weighted by atomic mass is 16.5. The van der Waals surface area contributed by atoms with Gasteiger partial charge in [-0.05, 0) is 6.92 Å². The van der Waals surface area contributed by atoms with Crippen LogP contribution >= 0.6 is 0 Å². The molecule has 0 radical (unpaired) electrons. The highest BCUT2D eigenvalue weighted by molar-refractivity contribution is 5.79.